The summed E-state index contributed by atoms with van der Waals surface area (Å²) in [6, 6.07) is 8.33. The molecule has 112 valence electrons. The SMILES string of the molecule is Cc1cnc(C)c(NCc2ccccc2-c2cnn(C)c2)n1. The standard InChI is InChI=1S/C17H19N5/c1-12-8-18-13(2)17(21-12)19-9-14-6-4-5-7-16(14)15-10-20-22(3)11-15/h4-8,10-11H,9H2,1-3H3,(H,19,21). The molecule has 3 rings (SSSR count). The second-order valence-electron chi connectivity index (χ2n) is 5.36. The molecule has 0 aliphatic carbocycles. The molecule has 5 heteroatoms. The van der Waals surface area contributed by atoms with Crippen molar-refractivity contribution in [3.63, 3.8) is 0 Å². The molecule has 0 unspecified atom stereocenters. The van der Waals surface area contributed by atoms with Gasteiger partial charge in [0.1, 0.15) is 5.82 Å². The Morgan fingerprint density at radius 2 is 1.95 bits per heavy atom. The Hall–Kier alpha value is -2.69. The van der Waals surface area contributed by atoms with Crippen molar-refractivity contribution in [2.75, 3.05) is 5.32 Å². The summed E-state index contributed by atoms with van der Waals surface area (Å²) in [5, 5.41) is 7.64. The van der Waals surface area contributed by atoms with Crippen LogP contribution in [0.3, 0.4) is 0 Å². The Bertz CT molecular complexity index is 791. The Morgan fingerprint density at radius 1 is 1.14 bits per heavy atom. The number of aromatic nitrogens is 4. The maximum atomic E-state index is 4.50. The molecule has 1 aromatic carbocycles. The van der Waals surface area contributed by atoms with Gasteiger partial charge in [-0.05, 0) is 25.0 Å². The monoisotopic (exact) mass is 293 g/mol. The average Bonchev–Trinajstić information content (AvgIpc) is 2.95. The third-order valence-electron chi connectivity index (χ3n) is 3.56. The third-order valence-corrected chi connectivity index (χ3v) is 3.56. The molecule has 1 N–H and O–H groups in total. The zero-order valence-corrected chi connectivity index (χ0v) is 13.0. The molecule has 22 heavy (non-hydrogen) atoms. The quantitative estimate of drug-likeness (QED) is 0.803. The second-order valence-corrected chi connectivity index (χ2v) is 5.36. The highest BCUT2D eigenvalue weighted by molar-refractivity contribution is 5.66. The summed E-state index contributed by atoms with van der Waals surface area (Å²) in [5.74, 6) is 0.834. The van der Waals surface area contributed by atoms with Crippen molar-refractivity contribution >= 4 is 5.82 Å². The highest BCUT2D eigenvalue weighted by atomic mass is 15.2. The summed E-state index contributed by atoms with van der Waals surface area (Å²) >= 11 is 0. The third kappa shape index (κ3) is 2.98. The first kappa shape index (κ1) is 14.3. The average molecular weight is 293 g/mol. The molecular formula is C17H19N5. The van der Waals surface area contributed by atoms with Gasteiger partial charge in [0.05, 0.1) is 17.6 Å². The van der Waals surface area contributed by atoms with E-state index in [4.69, 9.17) is 0 Å². The van der Waals surface area contributed by atoms with Crippen LogP contribution in [-0.4, -0.2) is 19.7 Å². The van der Waals surface area contributed by atoms with Gasteiger partial charge in [-0.1, -0.05) is 24.3 Å². The van der Waals surface area contributed by atoms with Crippen LogP contribution in [0, 0.1) is 13.8 Å². The molecule has 0 atom stereocenters. The zero-order valence-electron chi connectivity index (χ0n) is 13.0. The van der Waals surface area contributed by atoms with Gasteiger partial charge in [0, 0.05) is 31.5 Å². The number of nitrogens with zero attached hydrogens (tertiary/aromatic N) is 4. The number of nitrogens with one attached hydrogen (secondary N) is 1. The van der Waals surface area contributed by atoms with E-state index in [0.717, 1.165) is 22.8 Å². The Balaban J connectivity index is 1.85. The van der Waals surface area contributed by atoms with Crippen molar-refractivity contribution in [2.45, 2.75) is 20.4 Å². The molecule has 0 fully saturated rings. The number of hydrogen-bond acceptors (Lipinski definition) is 4. The van der Waals surface area contributed by atoms with Gasteiger partial charge in [0.15, 0.2) is 0 Å². The molecule has 0 aliphatic heterocycles. The molecule has 0 bridgehead atoms. The molecule has 0 saturated heterocycles. The molecule has 0 spiro atoms. The number of rotatable bonds is 4. The maximum absolute atomic E-state index is 4.50. The topological polar surface area (TPSA) is 55.6 Å². The lowest BCUT2D eigenvalue weighted by Crippen LogP contribution is -2.06. The van der Waals surface area contributed by atoms with Gasteiger partial charge in [-0.3, -0.25) is 9.67 Å². The molecule has 3 aromatic rings. The minimum Gasteiger partial charge on any atom is -0.364 e. The van der Waals surface area contributed by atoms with E-state index < -0.39 is 0 Å². The van der Waals surface area contributed by atoms with Crippen LogP contribution in [0.25, 0.3) is 11.1 Å². The largest absolute Gasteiger partial charge is 0.364 e. The fourth-order valence-corrected chi connectivity index (χ4v) is 2.40. The summed E-state index contributed by atoms with van der Waals surface area (Å²) in [4.78, 5) is 8.84. The summed E-state index contributed by atoms with van der Waals surface area (Å²) in [7, 11) is 1.93. The van der Waals surface area contributed by atoms with Crippen LogP contribution in [0.15, 0.2) is 42.9 Å². The number of anilines is 1. The molecule has 5 nitrogen and oxygen atoms in total. The van der Waals surface area contributed by atoms with E-state index in [0.29, 0.717) is 6.54 Å². The minimum absolute atomic E-state index is 0.698. The summed E-state index contributed by atoms with van der Waals surface area (Å²) in [5.41, 5.74) is 5.32. The summed E-state index contributed by atoms with van der Waals surface area (Å²) in [6.45, 7) is 4.60. The Morgan fingerprint density at radius 3 is 2.73 bits per heavy atom. The lowest BCUT2D eigenvalue weighted by molar-refractivity contribution is 0.768. The fraction of sp³-hybridized carbons (Fsp3) is 0.235. The van der Waals surface area contributed by atoms with Crippen molar-refractivity contribution in [3.05, 3.63) is 59.8 Å². The zero-order chi connectivity index (χ0) is 15.5. The summed E-state index contributed by atoms with van der Waals surface area (Å²) < 4.78 is 1.82. The van der Waals surface area contributed by atoms with Gasteiger partial charge in [0.2, 0.25) is 0 Å². The van der Waals surface area contributed by atoms with Crippen LogP contribution in [0.5, 0.6) is 0 Å². The number of hydrogen-bond donors (Lipinski definition) is 1. The first-order valence-corrected chi connectivity index (χ1v) is 7.24. The predicted molar refractivity (Wildman–Crippen MR) is 87.5 cm³/mol. The molecule has 0 aliphatic rings. The molecular weight excluding hydrogens is 274 g/mol. The van der Waals surface area contributed by atoms with Gasteiger partial charge < -0.3 is 5.32 Å². The van der Waals surface area contributed by atoms with Crippen molar-refractivity contribution < 1.29 is 0 Å². The van der Waals surface area contributed by atoms with E-state index in [-0.39, 0.29) is 0 Å². The summed E-state index contributed by atoms with van der Waals surface area (Å²) in [6.07, 6.45) is 5.69. The molecule has 2 heterocycles. The van der Waals surface area contributed by atoms with Crippen LogP contribution in [0.2, 0.25) is 0 Å². The maximum Gasteiger partial charge on any atom is 0.148 e. The van der Waals surface area contributed by atoms with E-state index in [2.05, 4.69) is 32.5 Å². The lowest BCUT2D eigenvalue weighted by Gasteiger charge is -2.11. The van der Waals surface area contributed by atoms with Gasteiger partial charge in [0.25, 0.3) is 0 Å². The van der Waals surface area contributed by atoms with Gasteiger partial charge in [-0.15, -0.1) is 0 Å². The van der Waals surface area contributed by atoms with Gasteiger partial charge in [-0.25, -0.2) is 4.98 Å². The van der Waals surface area contributed by atoms with Crippen molar-refractivity contribution in [3.8, 4) is 11.1 Å². The van der Waals surface area contributed by atoms with E-state index in [9.17, 15) is 0 Å². The Kier molecular flexibility index (Phi) is 3.87. The van der Waals surface area contributed by atoms with Crippen LogP contribution in [0.1, 0.15) is 17.0 Å². The fourth-order valence-electron chi connectivity index (χ4n) is 2.40. The first-order chi connectivity index (χ1) is 10.6. The smallest absolute Gasteiger partial charge is 0.148 e. The van der Waals surface area contributed by atoms with Crippen LogP contribution < -0.4 is 5.32 Å². The van der Waals surface area contributed by atoms with Gasteiger partial charge >= 0.3 is 0 Å². The van der Waals surface area contributed by atoms with Crippen molar-refractivity contribution in [1.82, 2.24) is 19.7 Å². The Labute approximate surface area is 130 Å². The van der Waals surface area contributed by atoms with Crippen LogP contribution in [0.4, 0.5) is 5.82 Å². The van der Waals surface area contributed by atoms with Crippen LogP contribution in [-0.2, 0) is 13.6 Å². The van der Waals surface area contributed by atoms with Crippen LogP contribution >= 0.6 is 0 Å². The predicted octanol–water partition coefficient (Wildman–Crippen LogP) is 3.11. The molecule has 0 saturated carbocycles. The van der Waals surface area contributed by atoms with Crippen molar-refractivity contribution in [2.24, 2.45) is 7.05 Å². The highest BCUT2D eigenvalue weighted by Gasteiger charge is 2.08. The van der Waals surface area contributed by atoms with E-state index in [1.165, 1.54) is 11.1 Å². The molecule has 2 aromatic heterocycles. The normalized spacial score (nSPS) is 10.7. The molecule has 0 radical (unpaired) electrons. The minimum atomic E-state index is 0.698. The van der Waals surface area contributed by atoms with E-state index >= 15 is 0 Å². The lowest BCUT2D eigenvalue weighted by atomic mass is 10.0. The number of aryl methyl sites for hydroxylation is 3. The second kappa shape index (κ2) is 5.97. The highest BCUT2D eigenvalue weighted by Crippen LogP contribution is 2.24. The first-order valence-electron chi connectivity index (χ1n) is 7.24. The van der Waals surface area contributed by atoms with E-state index in [1.54, 1.807) is 6.20 Å². The van der Waals surface area contributed by atoms with Crippen molar-refractivity contribution in [1.29, 1.82) is 0 Å². The van der Waals surface area contributed by atoms with E-state index in [1.807, 2.05) is 50.1 Å². The molecule has 0 amide bonds. The van der Waals surface area contributed by atoms with Gasteiger partial charge in [-0.2, -0.15) is 5.10 Å². The number of benzene rings is 1.